The number of hydrogen-bond donors (Lipinski definition) is 1. The molecule has 1 N–H and O–H groups in total. The number of aromatic nitrogens is 2. The first-order chi connectivity index (χ1) is 10.5. The SMILES string of the molecule is Cn1ncc(Br)c1Nc1ccc(-c2ccc(F)c(F)c2)cc1. The van der Waals surface area contributed by atoms with Gasteiger partial charge >= 0.3 is 0 Å². The van der Waals surface area contributed by atoms with Gasteiger partial charge in [-0.3, -0.25) is 4.68 Å². The van der Waals surface area contributed by atoms with Crippen LogP contribution < -0.4 is 5.32 Å². The zero-order chi connectivity index (χ0) is 15.7. The molecule has 1 heterocycles. The van der Waals surface area contributed by atoms with Crippen molar-refractivity contribution >= 4 is 27.4 Å². The second-order valence-corrected chi connectivity index (χ2v) is 5.65. The molecule has 0 saturated heterocycles. The van der Waals surface area contributed by atoms with E-state index in [1.54, 1.807) is 16.9 Å². The molecular formula is C16H12BrF2N3. The van der Waals surface area contributed by atoms with Crippen LogP contribution in [-0.4, -0.2) is 9.78 Å². The highest BCUT2D eigenvalue weighted by Crippen LogP contribution is 2.27. The highest BCUT2D eigenvalue weighted by Gasteiger charge is 2.07. The van der Waals surface area contributed by atoms with E-state index in [0.717, 1.165) is 27.6 Å². The minimum Gasteiger partial charge on any atom is -0.340 e. The van der Waals surface area contributed by atoms with Gasteiger partial charge in [-0.05, 0) is 51.3 Å². The molecule has 1 aromatic heterocycles. The Kier molecular flexibility index (Phi) is 3.94. The summed E-state index contributed by atoms with van der Waals surface area (Å²) in [6.07, 6.45) is 1.71. The van der Waals surface area contributed by atoms with Crippen molar-refractivity contribution in [2.24, 2.45) is 7.05 Å². The Bertz CT molecular complexity index is 793. The highest BCUT2D eigenvalue weighted by molar-refractivity contribution is 9.10. The molecule has 3 nitrogen and oxygen atoms in total. The van der Waals surface area contributed by atoms with Crippen molar-refractivity contribution in [1.29, 1.82) is 0 Å². The van der Waals surface area contributed by atoms with Crippen LogP contribution >= 0.6 is 15.9 Å². The summed E-state index contributed by atoms with van der Waals surface area (Å²) in [7, 11) is 1.84. The van der Waals surface area contributed by atoms with Crippen molar-refractivity contribution in [3.05, 3.63) is 64.8 Å². The van der Waals surface area contributed by atoms with Gasteiger partial charge in [0.1, 0.15) is 5.82 Å². The van der Waals surface area contributed by atoms with E-state index < -0.39 is 11.6 Å². The Hall–Kier alpha value is -2.21. The number of hydrogen-bond acceptors (Lipinski definition) is 2. The van der Waals surface area contributed by atoms with Crippen LogP contribution in [-0.2, 0) is 7.05 Å². The predicted molar refractivity (Wildman–Crippen MR) is 86.0 cm³/mol. The molecule has 0 aliphatic carbocycles. The Morgan fingerprint density at radius 3 is 2.27 bits per heavy atom. The number of aryl methyl sites for hydroxylation is 1. The molecule has 0 aliphatic rings. The number of benzene rings is 2. The quantitative estimate of drug-likeness (QED) is 0.719. The summed E-state index contributed by atoms with van der Waals surface area (Å²) < 4.78 is 28.8. The number of nitrogens with zero attached hydrogens (tertiary/aromatic N) is 2. The van der Waals surface area contributed by atoms with Gasteiger partial charge in [-0.2, -0.15) is 5.10 Å². The molecule has 112 valence electrons. The number of nitrogens with one attached hydrogen (secondary N) is 1. The fourth-order valence-electron chi connectivity index (χ4n) is 2.11. The third kappa shape index (κ3) is 2.87. The van der Waals surface area contributed by atoms with Gasteiger partial charge in [0, 0.05) is 12.7 Å². The van der Waals surface area contributed by atoms with E-state index in [1.165, 1.54) is 6.07 Å². The minimum atomic E-state index is -0.849. The molecule has 0 spiro atoms. The molecule has 2 aromatic carbocycles. The van der Waals surface area contributed by atoms with Gasteiger partial charge in [-0.1, -0.05) is 18.2 Å². The van der Waals surface area contributed by atoms with Crippen LogP contribution in [0.4, 0.5) is 20.3 Å². The van der Waals surface area contributed by atoms with E-state index in [2.05, 4.69) is 26.3 Å². The molecule has 3 rings (SSSR count). The van der Waals surface area contributed by atoms with Crippen molar-refractivity contribution in [3.63, 3.8) is 0 Å². The molecule has 0 radical (unpaired) electrons. The molecular weight excluding hydrogens is 352 g/mol. The van der Waals surface area contributed by atoms with E-state index in [-0.39, 0.29) is 0 Å². The molecule has 0 unspecified atom stereocenters. The summed E-state index contributed by atoms with van der Waals surface area (Å²) in [6, 6.07) is 11.3. The smallest absolute Gasteiger partial charge is 0.159 e. The maximum absolute atomic E-state index is 13.3. The van der Waals surface area contributed by atoms with Crippen molar-refractivity contribution in [1.82, 2.24) is 9.78 Å². The maximum Gasteiger partial charge on any atom is 0.159 e. The van der Waals surface area contributed by atoms with Crippen LogP contribution in [0.5, 0.6) is 0 Å². The van der Waals surface area contributed by atoms with Gasteiger partial charge in [0.25, 0.3) is 0 Å². The summed E-state index contributed by atoms with van der Waals surface area (Å²) in [5, 5.41) is 7.36. The highest BCUT2D eigenvalue weighted by atomic mass is 79.9. The molecule has 22 heavy (non-hydrogen) atoms. The van der Waals surface area contributed by atoms with Crippen LogP contribution in [0.1, 0.15) is 0 Å². The fraction of sp³-hybridized carbons (Fsp3) is 0.0625. The Morgan fingerprint density at radius 2 is 1.68 bits per heavy atom. The molecule has 6 heteroatoms. The minimum absolute atomic E-state index is 0.632. The summed E-state index contributed by atoms with van der Waals surface area (Å²) >= 11 is 3.42. The zero-order valence-electron chi connectivity index (χ0n) is 11.6. The summed E-state index contributed by atoms with van der Waals surface area (Å²) in [5.41, 5.74) is 2.32. The molecule has 3 aromatic rings. The topological polar surface area (TPSA) is 29.9 Å². The zero-order valence-corrected chi connectivity index (χ0v) is 13.2. The van der Waals surface area contributed by atoms with Crippen molar-refractivity contribution < 1.29 is 8.78 Å². The summed E-state index contributed by atoms with van der Waals surface area (Å²) in [5.74, 6) is -0.859. The predicted octanol–water partition coefficient (Wildman–Crippen LogP) is 4.87. The van der Waals surface area contributed by atoms with Gasteiger partial charge in [0.15, 0.2) is 11.6 Å². The summed E-state index contributed by atoms with van der Waals surface area (Å²) in [4.78, 5) is 0. The first kappa shape index (κ1) is 14.7. The lowest BCUT2D eigenvalue weighted by Gasteiger charge is -2.09. The van der Waals surface area contributed by atoms with E-state index in [9.17, 15) is 8.78 Å². The van der Waals surface area contributed by atoms with E-state index in [0.29, 0.717) is 5.56 Å². The van der Waals surface area contributed by atoms with E-state index >= 15 is 0 Å². The Labute approximate surface area is 134 Å². The number of anilines is 2. The first-order valence-corrected chi connectivity index (χ1v) is 7.34. The van der Waals surface area contributed by atoms with E-state index in [1.807, 2.05) is 31.3 Å². The van der Waals surface area contributed by atoms with E-state index in [4.69, 9.17) is 0 Å². The average Bonchev–Trinajstić information content (AvgIpc) is 2.83. The maximum atomic E-state index is 13.3. The average molecular weight is 364 g/mol. The second-order valence-electron chi connectivity index (χ2n) is 4.80. The van der Waals surface area contributed by atoms with Gasteiger partial charge in [0.05, 0.1) is 10.7 Å². The van der Waals surface area contributed by atoms with Crippen LogP contribution in [0.25, 0.3) is 11.1 Å². The lowest BCUT2D eigenvalue weighted by atomic mass is 10.1. The molecule has 0 atom stereocenters. The Morgan fingerprint density at radius 1 is 1.00 bits per heavy atom. The molecule has 0 amide bonds. The Balaban J connectivity index is 1.85. The van der Waals surface area contributed by atoms with Crippen LogP contribution in [0.3, 0.4) is 0 Å². The third-order valence-corrected chi connectivity index (χ3v) is 3.88. The van der Waals surface area contributed by atoms with Crippen molar-refractivity contribution in [2.45, 2.75) is 0 Å². The third-order valence-electron chi connectivity index (χ3n) is 3.29. The normalized spacial score (nSPS) is 10.7. The largest absolute Gasteiger partial charge is 0.340 e. The van der Waals surface area contributed by atoms with Gasteiger partial charge in [-0.25, -0.2) is 8.78 Å². The first-order valence-electron chi connectivity index (χ1n) is 6.54. The van der Waals surface area contributed by atoms with Crippen LogP contribution in [0.2, 0.25) is 0 Å². The molecule has 0 fully saturated rings. The van der Waals surface area contributed by atoms with Gasteiger partial charge in [-0.15, -0.1) is 0 Å². The molecule has 0 saturated carbocycles. The lowest BCUT2D eigenvalue weighted by molar-refractivity contribution is 0.509. The molecule has 0 aliphatic heterocycles. The lowest BCUT2D eigenvalue weighted by Crippen LogP contribution is -1.99. The second kappa shape index (κ2) is 5.88. The number of rotatable bonds is 3. The van der Waals surface area contributed by atoms with Crippen LogP contribution in [0, 0.1) is 11.6 Å². The van der Waals surface area contributed by atoms with Crippen LogP contribution in [0.15, 0.2) is 53.1 Å². The monoisotopic (exact) mass is 363 g/mol. The van der Waals surface area contributed by atoms with Crippen molar-refractivity contribution in [3.8, 4) is 11.1 Å². The molecule has 0 bridgehead atoms. The van der Waals surface area contributed by atoms with Gasteiger partial charge < -0.3 is 5.32 Å². The fourth-order valence-corrected chi connectivity index (χ4v) is 2.56. The number of halogens is 3. The van der Waals surface area contributed by atoms with Crippen molar-refractivity contribution in [2.75, 3.05) is 5.32 Å². The van der Waals surface area contributed by atoms with Gasteiger partial charge in [0.2, 0.25) is 0 Å². The standard InChI is InChI=1S/C16H12BrF2N3/c1-22-16(13(17)9-20-22)21-12-5-2-10(3-6-12)11-4-7-14(18)15(19)8-11/h2-9,21H,1H3. The summed E-state index contributed by atoms with van der Waals surface area (Å²) in [6.45, 7) is 0.